The molecule has 3 aliphatic rings. The molecular formula is C23H41N3O3. The number of likely N-dealkylation sites (tertiary alicyclic amines) is 2. The molecule has 0 radical (unpaired) electrons. The lowest BCUT2D eigenvalue weighted by Gasteiger charge is -2.27. The maximum atomic E-state index is 12.8. The number of carbonyl (C=O) groups is 2. The fourth-order valence-corrected chi connectivity index (χ4v) is 5.24. The van der Waals surface area contributed by atoms with Gasteiger partial charge in [0.15, 0.2) is 0 Å². The number of hydrogen-bond donors (Lipinski definition) is 1. The standard InChI is InChI=1S/C23H41N3O3/c1-16(2)24-20(27)12-17-14-26(11-8-23(3,4)5)18-15-29-19(22(17)18)13-21(28)25-9-6-7-10-25/h16-19,22H,6-15H2,1-5H3,(H,24,27)/t17-,18-,19+,22-/m1/s1. The molecule has 6 heteroatoms. The summed E-state index contributed by atoms with van der Waals surface area (Å²) >= 11 is 0. The van der Waals surface area contributed by atoms with E-state index in [1.807, 2.05) is 18.7 Å². The quantitative estimate of drug-likeness (QED) is 0.705. The summed E-state index contributed by atoms with van der Waals surface area (Å²) < 4.78 is 6.18. The minimum atomic E-state index is -0.0513. The first-order valence-corrected chi connectivity index (χ1v) is 11.6. The second kappa shape index (κ2) is 9.34. The zero-order valence-electron chi connectivity index (χ0n) is 19.1. The van der Waals surface area contributed by atoms with Crippen molar-refractivity contribution in [1.82, 2.24) is 15.1 Å². The zero-order chi connectivity index (χ0) is 21.2. The summed E-state index contributed by atoms with van der Waals surface area (Å²) in [7, 11) is 0. The summed E-state index contributed by atoms with van der Waals surface area (Å²) in [5.41, 5.74) is 0.285. The molecule has 2 amide bonds. The highest BCUT2D eigenvalue weighted by atomic mass is 16.5. The largest absolute Gasteiger partial charge is 0.376 e. The number of amides is 2. The van der Waals surface area contributed by atoms with Crippen LogP contribution in [0.1, 0.15) is 66.7 Å². The number of hydrogen-bond acceptors (Lipinski definition) is 4. The van der Waals surface area contributed by atoms with Crippen LogP contribution in [-0.2, 0) is 14.3 Å². The van der Waals surface area contributed by atoms with Gasteiger partial charge in [-0.05, 0) is 51.0 Å². The van der Waals surface area contributed by atoms with Gasteiger partial charge in [0.1, 0.15) is 0 Å². The van der Waals surface area contributed by atoms with Crippen molar-refractivity contribution in [3.63, 3.8) is 0 Å². The number of carbonyl (C=O) groups excluding carboxylic acids is 2. The van der Waals surface area contributed by atoms with E-state index in [0.717, 1.165) is 45.4 Å². The van der Waals surface area contributed by atoms with E-state index in [-0.39, 0.29) is 41.2 Å². The van der Waals surface area contributed by atoms with Crippen LogP contribution in [-0.4, -0.2) is 72.6 Å². The molecule has 0 saturated carbocycles. The Morgan fingerprint density at radius 1 is 1.14 bits per heavy atom. The van der Waals surface area contributed by atoms with E-state index in [0.29, 0.717) is 25.5 Å². The van der Waals surface area contributed by atoms with Crippen molar-refractivity contribution in [2.24, 2.45) is 17.3 Å². The van der Waals surface area contributed by atoms with E-state index in [2.05, 4.69) is 31.0 Å². The van der Waals surface area contributed by atoms with Crippen molar-refractivity contribution in [2.45, 2.75) is 84.9 Å². The van der Waals surface area contributed by atoms with Crippen molar-refractivity contribution < 1.29 is 14.3 Å². The molecule has 3 heterocycles. The monoisotopic (exact) mass is 407 g/mol. The van der Waals surface area contributed by atoms with Gasteiger partial charge in [0.05, 0.1) is 19.1 Å². The first-order chi connectivity index (χ1) is 13.6. The fourth-order valence-electron chi connectivity index (χ4n) is 5.24. The number of ether oxygens (including phenoxy) is 1. The molecular weight excluding hydrogens is 366 g/mol. The second-order valence-electron chi connectivity index (χ2n) is 10.8. The first kappa shape index (κ1) is 22.5. The number of fused-ring (bicyclic) bond motifs is 1. The third-order valence-corrected chi connectivity index (χ3v) is 6.72. The summed E-state index contributed by atoms with van der Waals surface area (Å²) in [6.45, 7) is 15.3. The summed E-state index contributed by atoms with van der Waals surface area (Å²) in [5, 5.41) is 3.05. The van der Waals surface area contributed by atoms with Gasteiger partial charge in [-0.25, -0.2) is 0 Å². The van der Waals surface area contributed by atoms with Crippen LogP contribution in [0.5, 0.6) is 0 Å². The molecule has 166 valence electrons. The Hall–Kier alpha value is -1.14. The predicted molar refractivity (Wildman–Crippen MR) is 114 cm³/mol. The number of nitrogens with zero attached hydrogens (tertiary/aromatic N) is 2. The van der Waals surface area contributed by atoms with Gasteiger partial charge in [-0.1, -0.05) is 20.8 Å². The first-order valence-electron chi connectivity index (χ1n) is 11.6. The smallest absolute Gasteiger partial charge is 0.225 e. The molecule has 0 aromatic heterocycles. The molecule has 4 atom stereocenters. The molecule has 0 spiro atoms. The molecule has 29 heavy (non-hydrogen) atoms. The Balaban J connectivity index is 1.67. The molecule has 0 aromatic rings. The van der Waals surface area contributed by atoms with Gasteiger partial charge in [-0.3, -0.25) is 14.5 Å². The molecule has 0 unspecified atom stereocenters. The molecule has 3 aliphatic heterocycles. The van der Waals surface area contributed by atoms with Crippen molar-refractivity contribution >= 4 is 11.8 Å². The van der Waals surface area contributed by atoms with Gasteiger partial charge in [0.25, 0.3) is 0 Å². The van der Waals surface area contributed by atoms with E-state index < -0.39 is 0 Å². The van der Waals surface area contributed by atoms with Crippen LogP contribution in [0.15, 0.2) is 0 Å². The maximum Gasteiger partial charge on any atom is 0.225 e. The lowest BCUT2D eigenvalue weighted by Crippen LogP contribution is -2.37. The Bertz CT molecular complexity index is 580. The minimum absolute atomic E-state index is 0.0513. The molecule has 0 aliphatic carbocycles. The van der Waals surface area contributed by atoms with Crippen LogP contribution in [0.3, 0.4) is 0 Å². The van der Waals surface area contributed by atoms with Gasteiger partial charge >= 0.3 is 0 Å². The van der Waals surface area contributed by atoms with E-state index in [9.17, 15) is 9.59 Å². The average molecular weight is 408 g/mol. The van der Waals surface area contributed by atoms with Crippen LogP contribution in [0.2, 0.25) is 0 Å². The van der Waals surface area contributed by atoms with Gasteiger partial charge < -0.3 is 15.0 Å². The Morgan fingerprint density at radius 2 is 1.83 bits per heavy atom. The summed E-state index contributed by atoms with van der Waals surface area (Å²) in [6, 6.07) is 0.495. The van der Waals surface area contributed by atoms with E-state index in [1.165, 1.54) is 0 Å². The highest BCUT2D eigenvalue weighted by Crippen LogP contribution is 2.42. The van der Waals surface area contributed by atoms with Crippen LogP contribution < -0.4 is 5.32 Å². The van der Waals surface area contributed by atoms with Gasteiger partial charge in [-0.2, -0.15) is 0 Å². The third-order valence-electron chi connectivity index (χ3n) is 6.72. The molecule has 0 bridgehead atoms. The van der Waals surface area contributed by atoms with Crippen molar-refractivity contribution in [3.8, 4) is 0 Å². The number of rotatable bonds is 7. The summed E-state index contributed by atoms with van der Waals surface area (Å²) in [5.74, 6) is 0.890. The van der Waals surface area contributed by atoms with Crippen molar-refractivity contribution in [2.75, 3.05) is 32.8 Å². The van der Waals surface area contributed by atoms with Crippen molar-refractivity contribution in [1.29, 1.82) is 0 Å². The highest BCUT2D eigenvalue weighted by Gasteiger charge is 2.51. The topological polar surface area (TPSA) is 61.9 Å². The lowest BCUT2D eigenvalue weighted by atomic mass is 9.84. The average Bonchev–Trinajstić information content (AvgIpc) is 3.31. The molecule has 3 saturated heterocycles. The molecule has 3 fully saturated rings. The Labute approximate surface area is 176 Å². The second-order valence-corrected chi connectivity index (χ2v) is 10.8. The van der Waals surface area contributed by atoms with Gasteiger partial charge in [-0.15, -0.1) is 0 Å². The Morgan fingerprint density at radius 3 is 2.45 bits per heavy atom. The molecule has 6 nitrogen and oxygen atoms in total. The van der Waals surface area contributed by atoms with Crippen LogP contribution in [0, 0.1) is 17.3 Å². The lowest BCUT2D eigenvalue weighted by molar-refractivity contribution is -0.133. The Kier molecular flexibility index (Phi) is 7.26. The SMILES string of the molecule is CC(C)NC(=O)C[C@@H]1CN(CCC(C)(C)C)[C@@H]2CO[C@@H](CC(=O)N3CCCC3)[C@H]12. The van der Waals surface area contributed by atoms with Crippen LogP contribution in [0.25, 0.3) is 0 Å². The third kappa shape index (κ3) is 5.94. The fraction of sp³-hybridized carbons (Fsp3) is 0.913. The zero-order valence-corrected chi connectivity index (χ0v) is 19.1. The number of nitrogens with one attached hydrogen (secondary N) is 1. The summed E-state index contributed by atoms with van der Waals surface area (Å²) in [4.78, 5) is 29.8. The molecule has 3 rings (SSSR count). The van der Waals surface area contributed by atoms with Crippen molar-refractivity contribution in [3.05, 3.63) is 0 Å². The predicted octanol–water partition coefficient (Wildman–Crippen LogP) is 2.67. The van der Waals surface area contributed by atoms with E-state index in [1.54, 1.807) is 0 Å². The molecule has 1 N–H and O–H groups in total. The highest BCUT2D eigenvalue weighted by molar-refractivity contribution is 5.77. The molecule has 0 aromatic carbocycles. The van der Waals surface area contributed by atoms with E-state index >= 15 is 0 Å². The minimum Gasteiger partial charge on any atom is -0.376 e. The van der Waals surface area contributed by atoms with Crippen LogP contribution >= 0.6 is 0 Å². The summed E-state index contributed by atoms with van der Waals surface area (Å²) in [6.07, 6.45) is 4.30. The van der Waals surface area contributed by atoms with Gasteiger partial charge in [0.2, 0.25) is 11.8 Å². The maximum absolute atomic E-state index is 12.8. The normalized spacial score (nSPS) is 30.2. The van der Waals surface area contributed by atoms with Crippen LogP contribution in [0.4, 0.5) is 0 Å². The van der Waals surface area contributed by atoms with E-state index in [4.69, 9.17) is 4.74 Å². The van der Waals surface area contributed by atoms with Gasteiger partial charge in [0, 0.05) is 44.1 Å².